The predicted molar refractivity (Wildman–Crippen MR) is 131 cm³/mol. The Labute approximate surface area is 207 Å². The number of methoxy groups -OCH3 is 1. The second kappa shape index (κ2) is 10.6. The molecule has 0 saturated carbocycles. The van der Waals surface area contributed by atoms with E-state index in [1.165, 1.54) is 0 Å². The number of nitrogens with zero attached hydrogens (tertiary/aromatic N) is 6. The van der Waals surface area contributed by atoms with Crippen molar-refractivity contribution in [3.63, 3.8) is 0 Å². The molecule has 0 radical (unpaired) electrons. The van der Waals surface area contributed by atoms with Crippen LogP contribution in [-0.2, 0) is 6.42 Å². The number of anilines is 3. The van der Waals surface area contributed by atoms with E-state index >= 15 is 0 Å². The molecule has 5 heterocycles. The SMILES string of the molecule is CCc1cc(Nc2cc(OCCO)nc(N3CCC[C@H]3c3cc(-c4cccnc4OC)no3)n2)n[nH]1. The Morgan fingerprint density at radius 3 is 2.97 bits per heavy atom. The van der Waals surface area contributed by atoms with Gasteiger partial charge in [-0.25, -0.2) is 4.98 Å². The largest absolute Gasteiger partial charge is 0.481 e. The summed E-state index contributed by atoms with van der Waals surface area (Å²) in [5.41, 5.74) is 2.41. The minimum atomic E-state index is -0.119. The molecule has 36 heavy (non-hydrogen) atoms. The summed E-state index contributed by atoms with van der Waals surface area (Å²) in [5.74, 6) is 3.20. The van der Waals surface area contributed by atoms with Crippen LogP contribution in [0, 0.1) is 0 Å². The van der Waals surface area contributed by atoms with Crippen LogP contribution in [0.1, 0.15) is 37.3 Å². The number of rotatable bonds is 10. The minimum Gasteiger partial charge on any atom is -0.481 e. The molecular weight excluding hydrogens is 464 g/mol. The van der Waals surface area contributed by atoms with Crippen molar-refractivity contribution >= 4 is 17.6 Å². The highest BCUT2D eigenvalue weighted by Gasteiger charge is 2.32. The Morgan fingerprint density at radius 1 is 1.25 bits per heavy atom. The second-order valence-corrected chi connectivity index (χ2v) is 8.25. The average molecular weight is 493 g/mol. The van der Waals surface area contributed by atoms with Crippen LogP contribution < -0.4 is 19.7 Å². The van der Waals surface area contributed by atoms with E-state index in [-0.39, 0.29) is 19.3 Å². The maximum atomic E-state index is 9.23. The number of aromatic amines is 1. The number of hydrogen-bond donors (Lipinski definition) is 3. The van der Waals surface area contributed by atoms with Gasteiger partial charge in [-0.05, 0) is 31.4 Å². The molecule has 5 rings (SSSR count). The summed E-state index contributed by atoms with van der Waals surface area (Å²) in [6.07, 6.45) is 4.30. The van der Waals surface area contributed by atoms with E-state index < -0.39 is 0 Å². The Balaban J connectivity index is 1.44. The number of aliphatic hydroxyl groups is 1. The van der Waals surface area contributed by atoms with E-state index in [4.69, 9.17) is 19.0 Å². The molecule has 0 unspecified atom stereocenters. The summed E-state index contributed by atoms with van der Waals surface area (Å²) >= 11 is 0. The fraction of sp³-hybridized carbons (Fsp3) is 0.375. The van der Waals surface area contributed by atoms with Gasteiger partial charge in [-0.2, -0.15) is 15.1 Å². The third-order valence-electron chi connectivity index (χ3n) is 5.91. The zero-order valence-corrected chi connectivity index (χ0v) is 20.1. The number of pyridine rings is 1. The lowest BCUT2D eigenvalue weighted by molar-refractivity contribution is 0.196. The first-order valence-corrected chi connectivity index (χ1v) is 11.8. The van der Waals surface area contributed by atoms with Crippen LogP contribution in [0.4, 0.5) is 17.6 Å². The number of H-pyrrole nitrogens is 1. The molecule has 1 aliphatic rings. The van der Waals surface area contributed by atoms with Crippen molar-refractivity contribution in [3.05, 3.63) is 48.0 Å². The van der Waals surface area contributed by atoms with Crippen molar-refractivity contribution < 1.29 is 19.1 Å². The number of ether oxygens (including phenoxy) is 2. The molecule has 12 heteroatoms. The lowest BCUT2D eigenvalue weighted by Gasteiger charge is -2.23. The molecule has 0 aromatic carbocycles. The molecule has 1 atom stereocenters. The summed E-state index contributed by atoms with van der Waals surface area (Å²) in [7, 11) is 1.58. The van der Waals surface area contributed by atoms with Crippen LogP contribution in [0.15, 0.2) is 41.1 Å². The quantitative estimate of drug-likeness (QED) is 0.299. The van der Waals surface area contributed by atoms with Gasteiger partial charge in [0.15, 0.2) is 11.6 Å². The van der Waals surface area contributed by atoms with Gasteiger partial charge in [0.25, 0.3) is 0 Å². The maximum Gasteiger partial charge on any atom is 0.231 e. The highest BCUT2D eigenvalue weighted by atomic mass is 16.5. The lowest BCUT2D eigenvalue weighted by atomic mass is 10.1. The fourth-order valence-electron chi connectivity index (χ4n) is 4.19. The van der Waals surface area contributed by atoms with Crippen molar-refractivity contribution in [1.29, 1.82) is 0 Å². The molecule has 1 aliphatic heterocycles. The van der Waals surface area contributed by atoms with E-state index in [0.29, 0.717) is 40.8 Å². The molecular formula is C24H28N8O4. The van der Waals surface area contributed by atoms with Crippen molar-refractivity contribution in [2.24, 2.45) is 0 Å². The summed E-state index contributed by atoms with van der Waals surface area (Å²) < 4.78 is 16.8. The van der Waals surface area contributed by atoms with Gasteiger partial charge in [0, 0.05) is 36.6 Å². The van der Waals surface area contributed by atoms with Gasteiger partial charge in [0.05, 0.1) is 25.3 Å². The first kappa shape index (κ1) is 23.5. The zero-order valence-electron chi connectivity index (χ0n) is 20.1. The molecule has 0 bridgehead atoms. The fourth-order valence-corrected chi connectivity index (χ4v) is 4.19. The highest BCUT2D eigenvalue weighted by molar-refractivity contribution is 5.65. The number of hydrogen-bond acceptors (Lipinski definition) is 11. The third-order valence-corrected chi connectivity index (χ3v) is 5.91. The number of nitrogens with one attached hydrogen (secondary N) is 2. The number of aryl methyl sites for hydroxylation is 1. The van der Waals surface area contributed by atoms with Crippen LogP contribution in [0.5, 0.6) is 11.8 Å². The van der Waals surface area contributed by atoms with E-state index in [1.54, 1.807) is 19.4 Å². The first-order valence-electron chi connectivity index (χ1n) is 11.8. The zero-order chi connectivity index (χ0) is 24.9. The predicted octanol–water partition coefficient (Wildman–Crippen LogP) is 3.28. The molecule has 4 aromatic rings. The molecule has 188 valence electrons. The second-order valence-electron chi connectivity index (χ2n) is 8.25. The summed E-state index contributed by atoms with van der Waals surface area (Å²) in [6, 6.07) is 9.14. The summed E-state index contributed by atoms with van der Waals surface area (Å²) in [6.45, 7) is 2.79. The summed E-state index contributed by atoms with van der Waals surface area (Å²) in [5, 5.41) is 24.0. The molecule has 0 spiro atoms. The molecule has 3 N–H and O–H groups in total. The van der Waals surface area contributed by atoms with Gasteiger partial charge in [-0.3, -0.25) is 5.10 Å². The van der Waals surface area contributed by atoms with Crippen LogP contribution in [0.3, 0.4) is 0 Å². The third kappa shape index (κ3) is 4.93. The van der Waals surface area contributed by atoms with Crippen molar-refractivity contribution in [1.82, 2.24) is 30.3 Å². The molecule has 12 nitrogen and oxygen atoms in total. The lowest BCUT2D eigenvalue weighted by Crippen LogP contribution is -2.25. The Bertz CT molecular complexity index is 1310. The molecule has 0 aliphatic carbocycles. The first-order chi connectivity index (χ1) is 17.7. The van der Waals surface area contributed by atoms with Gasteiger partial charge in [-0.15, -0.1) is 0 Å². The summed E-state index contributed by atoms with van der Waals surface area (Å²) in [4.78, 5) is 15.7. The van der Waals surface area contributed by atoms with Crippen molar-refractivity contribution in [2.45, 2.75) is 32.2 Å². The maximum absolute atomic E-state index is 9.23. The van der Waals surface area contributed by atoms with Crippen molar-refractivity contribution in [3.8, 4) is 23.0 Å². The Kier molecular flexibility index (Phi) is 6.94. The van der Waals surface area contributed by atoms with Crippen LogP contribution in [-0.4, -0.2) is 62.3 Å². The molecule has 4 aromatic heterocycles. The number of aromatic nitrogens is 6. The standard InChI is InChI=1S/C24H28N8O4/c1-3-15-12-21(30-29-15)26-20-14-22(35-11-10-33)28-24(27-20)32-9-5-7-18(32)19-13-17(31-36-19)16-6-4-8-25-23(16)34-2/h4,6,8,12-14,18,33H,3,5,7,9-11H2,1-2H3,(H2,26,27,28,29,30)/t18-/m0/s1. The van der Waals surface area contributed by atoms with Crippen LogP contribution in [0.25, 0.3) is 11.3 Å². The van der Waals surface area contributed by atoms with Gasteiger partial charge in [-0.1, -0.05) is 12.1 Å². The Hall–Kier alpha value is -4.19. The topological polar surface area (TPSA) is 147 Å². The van der Waals surface area contributed by atoms with E-state index in [1.807, 2.05) is 31.2 Å². The van der Waals surface area contributed by atoms with E-state index in [9.17, 15) is 5.11 Å². The van der Waals surface area contributed by atoms with E-state index in [0.717, 1.165) is 37.1 Å². The molecule has 0 amide bonds. The number of aliphatic hydroxyl groups excluding tert-OH is 1. The minimum absolute atomic E-state index is 0.105. The van der Waals surface area contributed by atoms with Crippen molar-refractivity contribution in [2.75, 3.05) is 37.1 Å². The van der Waals surface area contributed by atoms with E-state index in [2.05, 4.69) is 35.5 Å². The van der Waals surface area contributed by atoms with Crippen LogP contribution in [0.2, 0.25) is 0 Å². The van der Waals surface area contributed by atoms with Crippen LogP contribution >= 0.6 is 0 Å². The smallest absolute Gasteiger partial charge is 0.231 e. The molecule has 1 saturated heterocycles. The highest BCUT2D eigenvalue weighted by Crippen LogP contribution is 2.38. The van der Waals surface area contributed by atoms with Gasteiger partial charge in [0.2, 0.25) is 17.7 Å². The Morgan fingerprint density at radius 2 is 2.17 bits per heavy atom. The molecule has 1 fully saturated rings. The van der Waals surface area contributed by atoms with Gasteiger partial charge < -0.3 is 29.3 Å². The monoisotopic (exact) mass is 492 g/mol. The van der Waals surface area contributed by atoms with Gasteiger partial charge >= 0.3 is 0 Å². The normalized spacial score (nSPS) is 15.3. The van der Waals surface area contributed by atoms with Gasteiger partial charge in [0.1, 0.15) is 18.1 Å². The average Bonchev–Trinajstić information content (AvgIpc) is 3.68.